The van der Waals surface area contributed by atoms with Gasteiger partial charge in [-0.15, -0.1) is 11.6 Å². The van der Waals surface area contributed by atoms with Gasteiger partial charge in [0.05, 0.1) is 5.02 Å². The van der Waals surface area contributed by atoms with E-state index in [1.165, 1.54) is 25.7 Å². The first-order chi connectivity index (χ1) is 9.78. The van der Waals surface area contributed by atoms with Gasteiger partial charge >= 0.3 is 0 Å². The van der Waals surface area contributed by atoms with Crippen LogP contribution in [0.2, 0.25) is 5.02 Å². The summed E-state index contributed by atoms with van der Waals surface area (Å²) < 4.78 is 2.38. The molecular weight excluding hydrogens is 293 g/mol. The third-order valence-electron chi connectivity index (χ3n) is 4.40. The Hall–Kier alpha value is -0.800. The van der Waals surface area contributed by atoms with Gasteiger partial charge in [-0.3, -0.25) is 0 Å². The Bertz CT molecular complexity index is 632. The lowest BCUT2D eigenvalue weighted by molar-refractivity contribution is 0.392. The Kier molecular flexibility index (Phi) is 3.15. The molecule has 4 rings (SSSR count). The van der Waals surface area contributed by atoms with E-state index in [4.69, 9.17) is 28.2 Å². The van der Waals surface area contributed by atoms with E-state index in [0.717, 1.165) is 35.2 Å². The smallest absolute Gasteiger partial charge is 0.160 e. The van der Waals surface area contributed by atoms with E-state index in [2.05, 4.69) is 9.55 Å². The first-order valence-corrected chi connectivity index (χ1v) is 8.27. The van der Waals surface area contributed by atoms with Crippen molar-refractivity contribution in [3.05, 3.63) is 23.1 Å². The van der Waals surface area contributed by atoms with Crippen molar-refractivity contribution < 1.29 is 0 Å². The molecule has 20 heavy (non-hydrogen) atoms. The van der Waals surface area contributed by atoms with Crippen molar-refractivity contribution >= 4 is 34.4 Å². The van der Waals surface area contributed by atoms with Crippen molar-refractivity contribution in [2.75, 3.05) is 5.88 Å². The number of nitrogens with zero attached hydrogens (tertiary/aromatic N) is 3. The van der Waals surface area contributed by atoms with Crippen molar-refractivity contribution in [3.63, 3.8) is 0 Å². The van der Waals surface area contributed by atoms with Gasteiger partial charge in [0, 0.05) is 24.5 Å². The molecule has 5 heteroatoms. The second-order valence-electron chi connectivity index (χ2n) is 6.00. The summed E-state index contributed by atoms with van der Waals surface area (Å²) in [5.41, 5.74) is 1.89. The first-order valence-electron chi connectivity index (χ1n) is 7.36. The number of pyridine rings is 1. The summed E-state index contributed by atoms with van der Waals surface area (Å²) in [6.45, 7) is 0. The second kappa shape index (κ2) is 4.88. The van der Waals surface area contributed by atoms with Gasteiger partial charge in [0.1, 0.15) is 11.3 Å². The summed E-state index contributed by atoms with van der Waals surface area (Å²) in [6, 6.07) is 2.49. The molecule has 0 radical (unpaired) electrons. The zero-order valence-electron chi connectivity index (χ0n) is 11.2. The largest absolute Gasteiger partial charge is 0.309 e. The molecule has 2 saturated carbocycles. The van der Waals surface area contributed by atoms with Crippen molar-refractivity contribution in [2.45, 2.75) is 38.1 Å². The van der Waals surface area contributed by atoms with Gasteiger partial charge in [0.15, 0.2) is 5.65 Å². The summed E-state index contributed by atoms with van der Waals surface area (Å²) >= 11 is 12.0. The summed E-state index contributed by atoms with van der Waals surface area (Å²) in [6.07, 6.45) is 7.89. The van der Waals surface area contributed by atoms with Crippen LogP contribution in [0, 0.1) is 11.8 Å². The number of aryl methyl sites for hydroxylation is 1. The highest BCUT2D eigenvalue weighted by Gasteiger charge is 2.44. The van der Waals surface area contributed by atoms with E-state index in [0.29, 0.717) is 16.9 Å². The van der Waals surface area contributed by atoms with E-state index in [1.54, 1.807) is 6.20 Å². The summed E-state index contributed by atoms with van der Waals surface area (Å²) in [7, 11) is 0. The predicted octanol–water partition coefficient (Wildman–Crippen LogP) is 4.23. The van der Waals surface area contributed by atoms with Crippen LogP contribution in [0.15, 0.2) is 12.3 Å². The first kappa shape index (κ1) is 12.9. The Balaban J connectivity index is 1.87. The molecule has 0 atom stereocenters. The molecule has 2 fully saturated rings. The summed E-state index contributed by atoms with van der Waals surface area (Å²) in [4.78, 5) is 9.29. The van der Waals surface area contributed by atoms with Gasteiger partial charge in [-0.25, -0.2) is 9.97 Å². The lowest BCUT2D eigenvalue weighted by Gasteiger charge is -2.20. The molecule has 2 aliphatic carbocycles. The van der Waals surface area contributed by atoms with Crippen molar-refractivity contribution in [2.24, 2.45) is 11.8 Å². The fourth-order valence-corrected chi connectivity index (χ4v) is 3.58. The van der Waals surface area contributed by atoms with Gasteiger partial charge in [-0.2, -0.15) is 0 Å². The van der Waals surface area contributed by atoms with E-state index in [-0.39, 0.29) is 0 Å². The molecule has 0 N–H and O–H groups in total. The van der Waals surface area contributed by atoms with Gasteiger partial charge in [-0.05, 0) is 43.6 Å². The maximum absolute atomic E-state index is 6.05. The maximum atomic E-state index is 6.05. The Morgan fingerprint density at radius 3 is 2.55 bits per heavy atom. The number of hydrogen-bond donors (Lipinski definition) is 0. The number of aromatic nitrogens is 3. The normalized spacial score (nSPS) is 19.1. The van der Waals surface area contributed by atoms with Crippen LogP contribution in [0.25, 0.3) is 11.2 Å². The van der Waals surface area contributed by atoms with E-state index in [9.17, 15) is 0 Å². The Morgan fingerprint density at radius 2 is 1.95 bits per heavy atom. The fourth-order valence-electron chi connectivity index (χ4n) is 3.26. The van der Waals surface area contributed by atoms with Crippen LogP contribution in [0.4, 0.5) is 0 Å². The van der Waals surface area contributed by atoms with Gasteiger partial charge in [0.2, 0.25) is 0 Å². The molecule has 3 nitrogen and oxygen atoms in total. The predicted molar refractivity (Wildman–Crippen MR) is 81.4 cm³/mol. The SMILES string of the molecule is ClCCc1nc2cc(Cl)cnc2n1C(C1CC1)C1CC1. The lowest BCUT2D eigenvalue weighted by atomic mass is 10.1. The molecular formula is C15H17Cl2N3. The minimum Gasteiger partial charge on any atom is -0.309 e. The number of fused-ring (bicyclic) bond motifs is 1. The van der Waals surface area contributed by atoms with E-state index in [1.807, 2.05) is 6.07 Å². The van der Waals surface area contributed by atoms with Crippen molar-refractivity contribution in [1.82, 2.24) is 14.5 Å². The Labute approximate surface area is 128 Å². The third kappa shape index (κ3) is 2.21. The molecule has 2 aromatic rings. The highest BCUT2D eigenvalue weighted by Crippen LogP contribution is 2.53. The molecule has 0 saturated heterocycles. The average Bonchev–Trinajstić information content (AvgIpc) is 3.31. The highest BCUT2D eigenvalue weighted by molar-refractivity contribution is 6.31. The zero-order valence-corrected chi connectivity index (χ0v) is 12.7. The minimum atomic E-state index is 0.576. The molecule has 0 unspecified atom stereocenters. The van der Waals surface area contributed by atoms with Crippen LogP contribution in [0.1, 0.15) is 37.5 Å². The van der Waals surface area contributed by atoms with Gasteiger partial charge < -0.3 is 4.57 Å². The molecule has 0 amide bonds. The van der Waals surface area contributed by atoms with E-state index >= 15 is 0 Å². The Morgan fingerprint density at radius 1 is 1.25 bits per heavy atom. The minimum absolute atomic E-state index is 0.576. The number of hydrogen-bond acceptors (Lipinski definition) is 2. The second-order valence-corrected chi connectivity index (χ2v) is 6.81. The number of halogens is 2. The van der Waals surface area contributed by atoms with Gasteiger partial charge in [0.25, 0.3) is 0 Å². The van der Waals surface area contributed by atoms with Crippen LogP contribution >= 0.6 is 23.2 Å². The molecule has 0 spiro atoms. The van der Waals surface area contributed by atoms with Crippen LogP contribution < -0.4 is 0 Å². The standard InChI is InChI=1S/C15H17Cl2N3/c16-6-5-13-19-12-7-11(17)8-18-15(12)20(13)14(9-1-2-9)10-3-4-10/h7-10,14H,1-6H2. The lowest BCUT2D eigenvalue weighted by Crippen LogP contribution is -2.17. The molecule has 2 heterocycles. The van der Waals surface area contributed by atoms with Crippen molar-refractivity contribution in [1.29, 1.82) is 0 Å². The molecule has 0 bridgehead atoms. The number of alkyl halides is 1. The third-order valence-corrected chi connectivity index (χ3v) is 4.79. The maximum Gasteiger partial charge on any atom is 0.160 e. The fraction of sp³-hybridized carbons (Fsp3) is 0.600. The van der Waals surface area contributed by atoms with Crippen LogP contribution in [-0.4, -0.2) is 20.4 Å². The monoisotopic (exact) mass is 309 g/mol. The van der Waals surface area contributed by atoms with E-state index < -0.39 is 0 Å². The molecule has 0 aliphatic heterocycles. The molecule has 2 aliphatic rings. The van der Waals surface area contributed by atoms with Crippen molar-refractivity contribution in [3.8, 4) is 0 Å². The number of rotatable bonds is 5. The zero-order chi connectivity index (χ0) is 13.7. The highest BCUT2D eigenvalue weighted by atomic mass is 35.5. The molecule has 2 aromatic heterocycles. The van der Waals surface area contributed by atoms with Crippen LogP contribution in [0.5, 0.6) is 0 Å². The number of imidazole rings is 1. The quantitative estimate of drug-likeness (QED) is 0.774. The van der Waals surface area contributed by atoms with Gasteiger partial charge in [-0.1, -0.05) is 11.6 Å². The average molecular weight is 310 g/mol. The molecule has 106 valence electrons. The van der Waals surface area contributed by atoms with Crippen LogP contribution in [0.3, 0.4) is 0 Å². The topological polar surface area (TPSA) is 30.7 Å². The summed E-state index contributed by atoms with van der Waals surface area (Å²) in [5, 5.41) is 0.647. The van der Waals surface area contributed by atoms with Crippen LogP contribution in [-0.2, 0) is 6.42 Å². The summed E-state index contributed by atoms with van der Waals surface area (Å²) in [5.74, 6) is 3.30. The molecule has 0 aromatic carbocycles.